The van der Waals surface area contributed by atoms with Gasteiger partial charge in [-0.1, -0.05) is 30.8 Å². The van der Waals surface area contributed by atoms with Crippen LogP contribution < -0.4 is 10.1 Å². The predicted molar refractivity (Wildman–Crippen MR) is 147 cm³/mol. The van der Waals surface area contributed by atoms with Crippen molar-refractivity contribution in [1.82, 2.24) is 14.8 Å². The second kappa shape index (κ2) is 12.6. The van der Waals surface area contributed by atoms with E-state index in [4.69, 9.17) is 9.47 Å². The number of benzene rings is 1. The summed E-state index contributed by atoms with van der Waals surface area (Å²) < 4.78 is 13.4. The molecule has 10 heteroatoms. The topological polar surface area (TPSA) is 95.3 Å². The van der Waals surface area contributed by atoms with Gasteiger partial charge in [-0.15, -0.1) is 21.5 Å². The van der Waals surface area contributed by atoms with Crippen molar-refractivity contribution in [2.45, 2.75) is 77.6 Å². The molecule has 0 unspecified atom stereocenters. The maximum Gasteiger partial charge on any atom is 0.341 e. The average Bonchev–Trinajstić information content (AvgIpc) is 3.48. The van der Waals surface area contributed by atoms with E-state index in [2.05, 4.69) is 34.6 Å². The summed E-state index contributed by atoms with van der Waals surface area (Å²) in [6.45, 7) is 8.82. The van der Waals surface area contributed by atoms with Crippen LogP contribution in [0.3, 0.4) is 0 Å². The first kappa shape index (κ1) is 27.2. The monoisotopic (exact) mass is 542 g/mol. The summed E-state index contributed by atoms with van der Waals surface area (Å²) in [5.41, 5.74) is 2.81. The second-order valence-corrected chi connectivity index (χ2v) is 10.9. The normalized spacial score (nSPS) is 13.6. The Balaban J connectivity index is 1.42. The number of anilines is 1. The molecule has 1 N–H and O–H groups in total. The zero-order valence-electron chi connectivity index (χ0n) is 21.8. The van der Waals surface area contributed by atoms with Crippen LogP contribution in [0.5, 0.6) is 5.75 Å². The number of amides is 1. The van der Waals surface area contributed by atoms with Gasteiger partial charge in [-0.2, -0.15) is 0 Å². The Labute approximate surface area is 226 Å². The first-order valence-corrected chi connectivity index (χ1v) is 14.7. The summed E-state index contributed by atoms with van der Waals surface area (Å²) in [6.07, 6.45) is 4.60. The zero-order chi connectivity index (χ0) is 26.4. The number of fused-ring (bicyclic) bond motifs is 1. The number of esters is 1. The van der Waals surface area contributed by atoms with Crippen molar-refractivity contribution in [1.29, 1.82) is 0 Å². The number of nitrogens with one attached hydrogen (secondary N) is 1. The fourth-order valence-corrected chi connectivity index (χ4v) is 6.53. The molecule has 0 spiro atoms. The van der Waals surface area contributed by atoms with E-state index in [0.29, 0.717) is 34.7 Å². The number of ether oxygens (including phenoxy) is 2. The molecule has 1 aliphatic rings. The molecule has 37 heavy (non-hydrogen) atoms. The van der Waals surface area contributed by atoms with Crippen molar-refractivity contribution in [2.75, 3.05) is 17.7 Å². The Kier molecular flexibility index (Phi) is 9.26. The molecule has 0 fully saturated rings. The van der Waals surface area contributed by atoms with Crippen LogP contribution in [0.1, 0.15) is 78.8 Å². The molecule has 0 aliphatic heterocycles. The summed E-state index contributed by atoms with van der Waals surface area (Å²) >= 11 is 2.81. The first-order valence-electron chi connectivity index (χ1n) is 12.9. The summed E-state index contributed by atoms with van der Waals surface area (Å²) in [4.78, 5) is 26.7. The lowest BCUT2D eigenvalue weighted by molar-refractivity contribution is -0.113. The van der Waals surface area contributed by atoms with Gasteiger partial charge in [-0.05, 0) is 76.1 Å². The molecule has 198 valence electrons. The lowest BCUT2D eigenvalue weighted by Crippen LogP contribution is -2.17. The molecule has 1 aliphatic carbocycles. The molecule has 2 heterocycles. The number of carbonyl (C=O) groups is 2. The van der Waals surface area contributed by atoms with Crippen molar-refractivity contribution < 1.29 is 19.1 Å². The highest BCUT2D eigenvalue weighted by Crippen LogP contribution is 2.38. The van der Waals surface area contributed by atoms with Gasteiger partial charge in [0.1, 0.15) is 10.8 Å². The number of nitrogens with zero attached hydrogens (tertiary/aromatic N) is 3. The van der Waals surface area contributed by atoms with Crippen LogP contribution in [-0.2, 0) is 35.3 Å². The van der Waals surface area contributed by atoms with Crippen molar-refractivity contribution in [3.8, 4) is 5.75 Å². The standard InChI is InChI=1S/C27H34N4O4S2/c1-5-18-12-14-19(15-13-18)35-17(4)24-29-30-27(31(24)6-2)36-16-22(32)28-25-23(26(33)34-7-3)20-10-8-9-11-21(20)37-25/h12-15,17H,5-11,16H2,1-4H3,(H,28,32)/t17-/m1/s1. The van der Waals surface area contributed by atoms with E-state index in [1.165, 1.54) is 33.5 Å². The number of aromatic nitrogens is 3. The van der Waals surface area contributed by atoms with Gasteiger partial charge in [0.05, 0.1) is 17.9 Å². The van der Waals surface area contributed by atoms with E-state index >= 15 is 0 Å². The fourth-order valence-electron chi connectivity index (χ4n) is 4.43. The van der Waals surface area contributed by atoms with Crippen LogP contribution in [0.4, 0.5) is 5.00 Å². The molecule has 0 radical (unpaired) electrons. The van der Waals surface area contributed by atoms with Crippen molar-refractivity contribution in [3.05, 3.63) is 51.7 Å². The van der Waals surface area contributed by atoms with E-state index in [-0.39, 0.29) is 23.7 Å². The van der Waals surface area contributed by atoms with E-state index in [1.54, 1.807) is 6.92 Å². The summed E-state index contributed by atoms with van der Waals surface area (Å²) in [5, 5.41) is 12.9. The van der Waals surface area contributed by atoms with Crippen LogP contribution in [-0.4, -0.2) is 39.0 Å². The third-order valence-corrected chi connectivity index (χ3v) is 8.48. The van der Waals surface area contributed by atoms with Crippen molar-refractivity contribution in [3.63, 3.8) is 0 Å². The molecule has 1 amide bonds. The van der Waals surface area contributed by atoms with E-state index in [1.807, 2.05) is 30.5 Å². The maximum absolute atomic E-state index is 12.9. The highest BCUT2D eigenvalue weighted by molar-refractivity contribution is 7.99. The number of aryl methyl sites for hydroxylation is 2. The third kappa shape index (κ3) is 6.35. The van der Waals surface area contributed by atoms with E-state index in [0.717, 1.165) is 43.4 Å². The van der Waals surface area contributed by atoms with Crippen LogP contribution in [0, 0.1) is 0 Å². The maximum atomic E-state index is 12.9. The molecule has 0 saturated heterocycles. The van der Waals surface area contributed by atoms with Gasteiger partial charge in [0.15, 0.2) is 17.1 Å². The van der Waals surface area contributed by atoms with E-state index < -0.39 is 0 Å². The molecular formula is C27H34N4O4S2. The minimum Gasteiger partial charge on any atom is -0.483 e. The number of carbonyl (C=O) groups excluding carboxylic acids is 2. The molecular weight excluding hydrogens is 508 g/mol. The summed E-state index contributed by atoms with van der Waals surface area (Å²) in [7, 11) is 0. The molecule has 0 bridgehead atoms. The summed E-state index contributed by atoms with van der Waals surface area (Å²) in [6, 6.07) is 8.05. The lowest BCUT2D eigenvalue weighted by atomic mass is 9.95. The second-order valence-electron chi connectivity index (χ2n) is 8.81. The Hall–Kier alpha value is -2.85. The number of hydrogen-bond donors (Lipinski definition) is 1. The number of thiophene rings is 1. The van der Waals surface area contributed by atoms with Gasteiger partial charge >= 0.3 is 5.97 Å². The van der Waals surface area contributed by atoms with Gasteiger partial charge in [-0.3, -0.25) is 4.79 Å². The lowest BCUT2D eigenvalue weighted by Gasteiger charge is -2.16. The van der Waals surface area contributed by atoms with Crippen LogP contribution in [0.2, 0.25) is 0 Å². The molecule has 3 aromatic rings. The molecule has 2 aromatic heterocycles. The SMILES string of the molecule is CCOC(=O)c1c(NC(=O)CSc2nnc([C@@H](C)Oc3ccc(CC)cc3)n2CC)sc2c1CCCC2. The van der Waals surface area contributed by atoms with Crippen LogP contribution >= 0.6 is 23.1 Å². The van der Waals surface area contributed by atoms with Gasteiger partial charge in [0.2, 0.25) is 5.91 Å². The average molecular weight is 543 g/mol. The highest BCUT2D eigenvalue weighted by Gasteiger charge is 2.27. The van der Waals surface area contributed by atoms with Crippen molar-refractivity contribution in [2.24, 2.45) is 0 Å². The van der Waals surface area contributed by atoms with Gasteiger partial charge < -0.3 is 19.4 Å². The van der Waals surface area contributed by atoms with Crippen LogP contribution in [0.25, 0.3) is 0 Å². The summed E-state index contributed by atoms with van der Waals surface area (Å²) in [5.74, 6) is 1.08. The first-order chi connectivity index (χ1) is 17.9. The predicted octanol–water partition coefficient (Wildman–Crippen LogP) is 5.85. The Morgan fingerprint density at radius 3 is 2.59 bits per heavy atom. The molecule has 4 rings (SSSR count). The smallest absolute Gasteiger partial charge is 0.341 e. The van der Waals surface area contributed by atoms with Gasteiger partial charge in [0, 0.05) is 11.4 Å². The Morgan fingerprint density at radius 2 is 1.89 bits per heavy atom. The highest BCUT2D eigenvalue weighted by atomic mass is 32.2. The Morgan fingerprint density at radius 1 is 1.14 bits per heavy atom. The van der Waals surface area contributed by atoms with Crippen molar-refractivity contribution >= 4 is 40.0 Å². The third-order valence-electron chi connectivity index (χ3n) is 6.31. The van der Waals surface area contributed by atoms with Crippen LogP contribution in [0.15, 0.2) is 29.4 Å². The van der Waals surface area contributed by atoms with Gasteiger partial charge in [-0.25, -0.2) is 4.79 Å². The number of rotatable bonds is 11. The fraction of sp³-hybridized carbons (Fsp3) is 0.481. The molecule has 1 atom stereocenters. The minimum absolute atomic E-state index is 0.149. The largest absolute Gasteiger partial charge is 0.483 e. The molecule has 0 saturated carbocycles. The molecule has 8 nitrogen and oxygen atoms in total. The van der Waals surface area contributed by atoms with Gasteiger partial charge in [0.25, 0.3) is 0 Å². The number of hydrogen-bond acceptors (Lipinski definition) is 8. The number of thioether (sulfide) groups is 1. The Bertz CT molecular complexity index is 1240. The van der Waals surface area contributed by atoms with E-state index in [9.17, 15) is 9.59 Å². The molecule has 1 aromatic carbocycles. The minimum atomic E-state index is -0.362. The zero-order valence-corrected chi connectivity index (χ0v) is 23.5. The quantitative estimate of drug-likeness (QED) is 0.240.